The number of unbranched alkanes of at least 4 members (excludes halogenated alkanes) is 1. The van der Waals surface area contributed by atoms with E-state index < -0.39 is 10.0 Å². The van der Waals surface area contributed by atoms with Crippen molar-refractivity contribution in [3.05, 3.63) is 42.0 Å². The molecular weight excluding hydrogens is 362 g/mol. The quantitative estimate of drug-likeness (QED) is 0.643. The molecule has 0 atom stereocenters. The number of piperazine rings is 1. The van der Waals surface area contributed by atoms with Gasteiger partial charge in [-0.15, -0.1) is 0 Å². The first kappa shape index (κ1) is 21.6. The van der Waals surface area contributed by atoms with E-state index in [1.54, 1.807) is 4.90 Å². The zero-order chi connectivity index (χ0) is 19.7. The number of hydrogen-bond acceptors (Lipinski definition) is 4. The smallest absolute Gasteiger partial charge is 0.237 e. The van der Waals surface area contributed by atoms with Crippen molar-refractivity contribution in [1.29, 1.82) is 0 Å². The summed E-state index contributed by atoms with van der Waals surface area (Å²) in [5, 5.41) is 0. The Balaban J connectivity index is 1.78. The van der Waals surface area contributed by atoms with E-state index in [9.17, 15) is 13.2 Å². The van der Waals surface area contributed by atoms with Gasteiger partial charge in [0.1, 0.15) is 0 Å². The minimum absolute atomic E-state index is 0.0489. The molecule has 0 aromatic heterocycles. The summed E-state index contributed by atoms with van der Waals surface area (Å²) in [6.45, 7) is 6.11. The fraction of sp³-hybridized carbons (Fsp3) is 0.550. The third kappa shape index (κ3) is 7.44. The Hall–Kier alpha value is -1.70. The van der Waals surface area contributed by atoms with Gasteiger partial charge < -0.3 is 4.90 Å². The summed E-state index contributed by atoms with van der Waals surface area (Å²) < 4.78 is 25.1. The largest absolute Gasteiger partial charge is 0.339 e. The van der Waals surface area contributed by atoms with E-state index in [1.165, 1.54) is 16.1 Å². The average molecular weight is 394 g/mol. The molecule has 0 aliphatic carbocycles. The molecule has 0 radical (unpaired) electrons. The van der Waals surface area contributed by atoms with Crippen LogP contribution in [-0.4, -0.2) is 80.5 Å². The number of carbonyl (C=O) groups is 1. The maximum Gasteiger partial charge on any atom is 0.237 e. The van der Waals surface area contributed by atoms with Gasteiger partial charge in [0.05, 0.1) is 12.8 Å². The highest BCUT2D eigenvalue weighted by molar-refractivity contribution is 7.88. The van der Waals surface area contributed by atoms with Crippen LogP contribution in [0.2, 0.25) is 0 Å². The van der Waals surface area contributed by atoms with Crippen molar-refractivity contribution in [1.82, 2.24) is 14.1 Å². The highest BCUT2D eigenvalue weighted by atomic mass is 32.2. The number of amides is 1. The Morgan fingerprint density at radius 2 is 1.81 bits per heavy atom. The molecular formula is C20H31N3O3S. The first-order valence-corrected chi connectivity index (χ1v) is 11.4. The van der Waals surface area contributed by atoms with Gasteiger partial charge in [0.15, 0.2) is 0 Å². The van der Waals surface area contributed by atoms with Crippen LogP contribution in [0.15, 0.2) is 36.4 Å². The molecule has 7 heteroatoms. The first-order chi connectivity index (χ1) is 12.9. The lowest BCUT2D eigenvalue weighted by molar-refractivity contribution is -0.133. The van der Waals surface area contributed by atoms with E-state index in [0.29, 0.717) is 19.6 Å². The van der Waals surface area contributed by atoms with Gasteiger partial charge in [0, 0.05) is 39.3 Å². The summed E-state index contributed by atoms with van der Waals surface area (Å²) in [7, 11) is -3.35. The third-order valence-corrected chi connectivity index (χ3v) is 5.99. The minimum atomic E-state index is -3.35. The summed E-state index contributed by atoms with van der Waals surface area (Å²) in [5.74, 6) is -0.101. The number of nitrogens with zero attached hydrogens (tertiary/aromatic N) is 3. The monoisotopic (exact) mass is 393 g/mol. The van der Waals surface area contributed by atoms with Crippen molar-refractivity contribution >= 4 is 22.0 Å². The average Bonchev–Trinajstić information content (AvgIpc) is 2.65. The van der Waals surface area contributed by atoms with Crippen molar-refractivity contribution in [3.63, 3.8) is 0 Å². The molecule has 0 N–H and O–H groups in total. The highest BCUT2D eigenvalue weighted by Crippen LogP contribution is 2.08. The van der Waals surface area contributed by atoms with Gasteiger partial charge in [-0.2, -0.15) is 4.31 Å². The van der Waals surface area contributed by atoms with Gasteiger partial charge in [-0.3, -0.25) is 9.69 Å². The summed E-state index contributed by atoms with van der Waals surface area (Å²) in [6, 6.07) is 10.2. The van der Waals surface area contributed by atoms with Crippen LogP contribution in [0.3, 0.4) is 0 Å². The Bertz CT molecular complexity index is 711. The van der Waals surface area contributed by atoms with Crippen LogP contribution in [-0.2, 0) is 14.8 Å². The Morgan fingerprint density at radius 3 is 2.41 bits per heavy atom. The molecule has 1 saturated heterocycles. The molecule has 1 aromatic rings. The summed E-state index contributed by atoms with van der Waals surface area (Å²) >= 11 is 0. The predicted octanol–water partition coefficient (Wildman–Crippen LogP) is 1.91. The summed E-state index contributed by atoms with van der Waals surface area (Å²) in [4.78, 5) is 16.6. The van der Waals surface area contributed by atoms with Gasteiger partial charge in [-0.25, -0.2) is 8.42 Å². The second-order valence-electron chi connectivity index (χ2n) is 6.94. The Morgan fingerprint density at radius 1 is 1.15 bits per heavy atom. The number of rotatable bonds is 9. The van der Waals surface area contributed by atoms with E-state index in [4.69, 9.17) is 0 Å². The first-order valence-electron chi connectivity index (χ1n) is 9.57. The van der Waals surface area contributed by atoms with Crippen molar-refractivity contribution < 1.29 is 13.2 Å². The van der Waals surface area contributed by atoms with Crippen molar-refractivity contribution in [2.75, 3.05) is 52.1 Å². The SMILES string of the molecule is CCCCN(CC(=O)N1CCN(C/C=C/c2ccccc2)CC1)S(C)(=O)=O. The standard InChI is InChI=1S/C20H31N3O3S/c1-3-4-13-23(27(2,25)26)18-20(24)22-16-14-21(15-17-22)12-8-11-19-9-6-5-7-10-19/h5-11H,3-4,12-18H2,1-2H3/b11-8+. The minimum Gasteiger partial charge on any atom is -0.339 e. The van der Waals surface area contributed by atoms with Crippen molar-refractivity contribution in [3.8, 4) is 0 Å². The molecule has 2 rings (SSSR count). The summed E-state index contributed by atoms with van der Waals surface area (Å²) in [6.07, 6.45) is 7.09. The van der Waals surface area contributed by atoms with Crippen LogP contribution in [0.4, 0.5) is 0 Å². The van der Waals surface area contributed by atoms with Gasteiger partial charge in [0.25, 0.3) is 0 Å². The zero-order valence-electron chi connectivity index (χ0n) is 16.4. The molecule has 27 heavy (non-hydrogen) atoms. The van der Waals surface area contributed by atoms with Crippen molar-refractivity contribution in [2.24, 2.45) is 0 Å². The third-order valence-electron chi connectivity index (χ3n) is 4.74. The molecule has 150 valence electrons. The van der Waals surface area contributed by atoms with Crippen LogP contribution < -0.4 is 0 Å². The maximum atomic E-state index is 12.5. The molecule has 1 aliphatic heterocycles. The van der Waals surface area contributed by atoms with E-state index >= 15 is 0 Å². The van der Waals surface area contributed by atoms with Crippen LogP contribution >= 0.6 is 0 Å². The number of sulfonamides is 1. The Kier molecular flexibility index (Phi) is 8.47. The van der Waals surface area contributed by atoms with Gasteiger partial charge in [0.2, 0.25) is 15.9 Å². The molecule has 0 spiro atoms. The number of carbonyl (C=O) groups excluding carboxylic acids is 1. The topological polar surface area (TPSA) is 60.9 Å². The van der Waals surface area contributed by atoms with E-state index in [-0.39, 0.29) is 12.5 Å². The maximum absolute atomic E-state index is 12.5. The molecule has 1 aromatic carbocycles. The Labute approximate surface area is 163 Å². The highest BCUT2D eigenvalue weighted by Gasteiger charge is 2.25. The lowest BCUT2D eigenvalue weighted by Gasteiger charge is -2.35. The molecule has 0 bridgehead atoms. The lowest BCUT2D eigenvalue weighted by Crippen LogP contribution is -2.51. The molecule has 1 amide bonds. The van der Waals surface area contributed by atoms with Crippen LogP contribution in [0, 0.1) is 0 Å². The van der Waals surface area contributed by atoms with Gasteiger partial charge in [-0.05, 0) is 12.0 Å². The fourth-order valence-electron chi connectivity index (χ4n) is 3.03. The van der Waals surface area contributed by atoms with E-state index in [2.05, 4.69) is 29.2 Å². The van der Waals surface area contributed by atoms with Crippen molar-refractivity contribution in [2.45, 2.75) is 19.8 Å². The molecule has 1 heterocycles. The molecule has 1 aliphatic rings. The second kappa shape index (κ2) is 10.6. The molecule has 0 saturated carbocycles. The second-order valence-corrected chi connectivity index (χ2v) is 8.93. The van der Waals surface area contributed by atoms with Gasteiger partial charge >= 0.3 is 0 Å². The van der Waals surface area contributed by atoms with Crippen LogP contribution in [0.25, 0.3) is 6.08 Å². The lowest BCUT2D eigenvalue weighted by atomic mass is 10.2. The van der Waals surface area contributed by atoms with Crippen LogP contribution in [0.5, 0.6) is 0 Å². The molecule has 6 nitrogen and oxygen atoms in total. The fourth-order valence-corrected chi connectivity index (χ4v) is 3.84. The number of benzene rings is 1. The van der Waals surface area contributed by atoms with E-state index in [0.717, 1.165) is 32.5 Å². The molecule has 1 fully saturated rings. The van der Waals surface area contributed by atoms with E-state index in [1.807, 2.05) is 25.1 Å². The number of hydrogen-bond donors (Lipinski definition) is 0. The predicted molar refractivity (Wildman–Crippen MR) is 110 cm³/mol. The van der Waals surface area contributed by atoms with Crippen LogP contribution in [0.1, 0.15) is 25.3 Å². The zero-order valence-corrected chi connectivity index (χ0v) is 17.2. The summed E-state index contributed by atoms with van der Waals surface area (Å²) in [5.41, 5.74) is 1.18. The van der Waals surface area contributed by atoms with Gasteiger partial charge in [-0.1, -0.05) is 55.8 Å². The molecule has 0 unspecified atom stereocenters. The normalized spacial score (nSPS) is 16.3.